The Hall–Kier alpha value is -3.35. The SMILES string of the molecule is COc1cccc2c1C(=O)c1c(OC)c3c(c(OC)c1C2=O)C[C@@](O)(C(C)=O)C[C@@H]3OC1CC(N)C(O)C(C)O1. The Labute approximate surface area is 231 Å². The Balaban J connectivity index is 1.75. The average molecular weight is 556 g/mol. The molecule has 11 nitrogen and oxygen atoms in total. The number of ether oxygens (including phenoxy) is 5. The van der Waals surface area contributed by atoms with Gasteiger partial charge in [0, 0.05) is 42.0 Å². The van der Waals surface area contributed by atoms with Crippen molar-refractivity contribution in [1.82, 2.24) is 0 Å². The van der Waals surface area contributed by atoms with Crippen LogP contribution in [0.1, 0.15) is 75.8 Å². The fourth-order valence-electron chi connectivity index (χ4n) is 6.06. The molecule has 1 fully saturated rings. The van der Waals surface area contributed by atoms with Crippen molar-refractivity contribution in [3.05, 3.63) is 51.6 Å². The Morgan fingerprint density at radius 3 is 2.33 bits per heavy atom. The van der Waals surface area contributed by atoms with Crippen molar-refractivity contribution in [1.29, 1.82) is 0 Å². The van der Waals surface area contributed by atoms with Gasteiger partial charge in [0.25, 0.3) is 0 Å². The average Bonchev–Trinajstić information content (AvgIpc) is 2.92. The van der Waals surface area contributed by atoms with Gasteiger partial charge >= 0.3 is 0 Å². The van der Waals surface area contributed by atoms with Gasteiger partial charge < -0.3 is 39.6 Å². The lowest BCUT2D eigenvalue weighted by Crippen LogP contribution is -2.52. The molecule has 2 aliphatic carbocycles. The summed E-state index contributed by atoms with van der Waals surface area (Å²) < 4.78 is 29.1. The van der Waals surface area contributed by atoms with E-state index < -0.39 is 53.6 Å². The molecule has 40 heavy (non-hydrogen) atoms. The van der Waals surface area contributed by atoms with Crippen molar-refractivity contribution < 1.29 is 48.3 Å². The minimum atomic E-state index is -1.87. The molecule has 1 aliphatic heterocycles. The number of Topliss-reactive ketones (excluding diaryl/α,β-unsaturated/α-hetero) is 1. The number of ketones is 3. The largest absolute Gasteiger partial charge is 0.496 e. The molecule has 4 N–H and O–H groups in total. The first-order chi connectivity index (χ1) is 19.0. The van der Waals surface area contributed by atoms with Gasteiger partial charge in [-0.05, 0) is 19.9 Å². The van der Waals surface area contributed by atoms with Gasteiger partial charge in [-0.3, -0.25) is 14.4 Å². The van der Waals surface area contributed by atoms with E-state index in [0.29, 0.717) is 11.1 Å². The number of benzene rings is 2. The van der Waals surface area contributed by atoms with Crippen molar-refractivity contribution in [3.8, 4) is 17.2 Å². The summed E-state index contributed by atoms with van der Waals surface area (Å²) in [5, 5.41) is 21.7. The minimum absolute atomic E-state index is 0.0213. The highest BCUT2D eigenvalue weighted by Crippen LogP contribution is 2.53. The predicted octanol–water partition coefficient (Wildman–Crippen LogP) is 1.63. The summed E-state index contributed by atoms with van der Waals surface area (Å²) in [6.07, 6.45) is -3.68. The van der Waals surface area contributed by atoms with Gasteiger partial charge in [0.05, 0.1) is 56.3 Å². The van der Waals surface area contributed by atoms with Crippen LogP contribution < -0.4 is 19.9 Å². The normalized spacial score (nSPS) is 29.2. The van der Waals surface area contributed by atoms with Crippen LogP contribution in [0.4, 0.5) is 0 Å². The first-order valence-electron chi connectivity index (χ1n) is 13.0. The zero-order valence-electron chi connectivity index (χ0n) is 23.0. The van der Waals surface area contributed by atoms with Crippen LogP contribution >= 0.6 is 0 Å². The number of carbonyl (C=O) groups is 3. The molecule has 2 aromatic rings. The molecule has 6 atom stereocenters. The third kappa shape index (κ3) is 4.20. The highest BCUT2D eigenvalue weighted by molar-refractivity contribution is 6.31. The second kappa shape index (κ2) is 10.2. The van der Waals surface area contributed by atoms with Gasteiger partial charge in [-0.25, -0.2) is 0 Å². The molecule has 3 aliphatic rings. The standard InChI is InChI=1S/C29H33NO10/c1-12-24(32)16(30)9-19(39-12)40-18-11-29(35,13(2)31)10-15-21(18)28(38-5)23-22(27(15)37-4)25(33)14-7-6-8-17(36-3)20(14)26(23)34/h6-8,12,16,18-19,24,32,35H,9-11,30H2,1-5H3/t12?,16?,18-,19?,24?,29-/m0/s1. The zero-order chi connectivity index (χ0) is 29.1. The van der Waals surface area contributed by atoms with Crippen LogP contribution in [-0.4, -0.2) is 79.0 Å². The van der Waals surface area contributed by atoms with Gasteiger partial charge in [0.2, 0.25) is 5.78 Å². The molecule has 2 aromatic carbocycles. The van der Waals surface area contributed by atoms with Gasteiger partial charge in [-0.1, -0.05) is 12.1 Å². The Morgan fingerprint density at radius 2 is 1.73 bits per heavy atom. The smallest absolute Gasteiger partial charge is 0.202 e. The molecule has 0 amide bonds. The quantitative estimate of drug-likeness (QED) is 0.405. The summed E-state index contributed by atoms with van der Waals surface area (Å²) in [6, 6.07) is 4.10. The molecule has 11 heteroatoms. The highest BCUT2D eigenvalue weighted by Gasteiger charge is 2.50. The van der Waals surface area contributed by atoms with Crippen molar-refractivity contribution in [3.63, 3.8) is 0 Å². The van der Waals surface area contributed by atoms with Crippen molar-refractivity contribution in [2.75, 3.05) is 21.3 Å². The lowest BCUT2D eigenvalue weighted by molar-refractivity contribution is -0.247. The molecule has 5 rings (SSSR count). The minimum Gasteiger partial charge on any atom is -0.496 e. The van der Waals surface area contributed by atoms with Gasteiger partial charge in [0.1, 0.15) is 22.8 Å². The number of nitrogens with two attached hydrogens (primary N) is 1. The second-order valence-corrected chi connectivity index (χ2v) is 10.5. The maximum Gasteiger partial charge on any atom is 0.202 e. The molecular weight excluding hydrogens is 522 g/mol. The molecule has 0 radical (unpaired) electrons. The van der Waals surface area contributed by atoms with E-state index >= 15 is 0 Å². The summed E-state index contributed by atoms with van der Waals surface area (Å²) in [6.45, 7) is 2.93. The number of rotatable bonds is 6. The van der Waals surface area contributed by atoms with E-state index in [9.17, 15) is 24.6 Å². The number of aliphatic hydroxyl groups is 2. The van der Waals surface area contributed by atoms with E-state index in [4.69, 9.17) is 29.4 Å². The summed E-state index contributed by atoms with van der Waals surface area (Å²) in [4.78, 5) is 40.6. The third-order valence-electron chi connectivity index (χ3n) is 8.16. The maximum atomic E-state index is 14.0. The molecule has 0 aromatic heterocycles. The monoisotopic (exact) mass is 555 g/mol. The molecule has 4 unspecified atom stereocenters. The molecule has 214 valence electrons. The van der Waals surface area contributed by atoms with Crippen LogP contribution in [0.15, 0.2) is 18.2 Å². The lowest BCUT2D eigenvalue weighted by Gasteiger charge is -2.42. The molecule has 1 saturated heterocycles. The number of methoxy groups -OCH3 is 3. The Morgan fingerprint density at radius 1 is 1.05 bits per heavy atom. The molecule has 0 bridgehead atoms. The fraction of sp³-hybridized carbons (Fsp3) is 0.483. The van der Waals surface area contributed by atoms with Crippen LogP contribution in [0, 0.1) is 0 Å². The molecule has 0 spiro atoms. The van der Waals surface area contributed by atoms with Crippen LogP contribution in [0.3, 0.4) is 0 Å². The van der Waals surface area contributed by atoms with Crippen LogP contribution in [-0.2, 0) is 20.7 Å². The maximum absolute atomic E-state index is 14.0. The fourth-order valence-corrected chi connectivity index (χ4v) is 6.06. The van der Waals surface area contributed by atoms with E-state index in [1.807, 2.05) is 0 Å². The van der Waals surface area contributed by atoms with E-state index in [1.54, 1.807) is 19.1 Å². The van der Waals surface area contributed by atoms with E-state index in [1.165, 1.54) is 34.3 Å². The van der Waals surface area contributed by atoms with E-state index in [2.05, 4.69) is 0 Å². The van der Waals surface area contributed by atoms with Crippen LogP contribution in [0.25, 0.3) is 0 Å². The topological polar surface area (TPSA) is 164 Å². The van der Waals surface area contributed by atoms with Crippen molar-refractivity contribution >= 4 is 17.3 Å². The number of fused-ring (bicyclic) bond motifs is 3. The summed E-state index contributed by atoms with van der Waals surface area (Å²) in [5.74, 6) is -1.14. The van der Waals surface area contributed by atoms with Gasteiger partial charge in [0.15, 0.2) is 17.9 Å². The predicted molar refractivity (Wildman–Crippen MR) is 140 cm³/mol. The van der Waals surface area contributed by atoms with Crippen molar-refractivity contribution in [2.24, 2.45) is 5.73 Å². The lowest BCUT2D eigenvalue weighted by atomic mass is 9.72. The number of aliphatic hydroxyl groups excluding tert-OH is 1. The van der Waals surface area contributed by atoms with Gasteiger partial charge in [-0.2, -0.15) is 0 Å². The molecular formula is C29H33NO10. The van der Waals surface area contributed by atoms with Crippen molar-refractivity contribution in [2.45, 2.75) is 69.4 Å². The first kappa shape index (κ1) is 28.2. The number of carbonyl (C=O) groups excluding carboxylic acids is 3. The molecule has 1 heterocycles. The van der Waals surface area contributed by atoms with Gasteiger partial charge in [-0.15, -0.1) is 0 Å². The van der Waals surface area contributed by atoms with Crippen LogP contribution in [0.2, 0.25) is 0 Å². The number of hydrogen-bond donors (Lipinski definition) is 3. The Kier molecular flexibility index (Phi) is 7.22. The second-order valence-electron chi connectivity index (χ2n) is 10.5. The van der Waals surface area contributed by atoms with E-state index in [0.717, 1.165) is 0 Å². The Bertz CT molecular complexity index is 1390. The summed E-state index contributed by atoms with van der Waals surface area (Å²) >= 11 is 0. The summed E-state index contributed by atoms with van der Waals surface area (Å²) in [5.41, 5.74) is 5.10. The number of hydrogen-bond acceptors (Lipinski definition) is 11. The molecule has 0 saturated carbocycles. The highest BCUT2D eigenvalue weighted by atomic mass is 16.7. The van der Waals surface area contributed by atoms with E-state index in [-0.39, 0.29) is 58.8 Å². The third-order valence-corrected chi connectivity index (χ3v) is 8.16. The van der Waals surface area contributed by atoms with Crippen LogP contribution in [0.5, 0.6) is 17.2 Å². The first-order valence-corrected chi connectivity index (χ1v) is 13.0. The zero-order valence-corrected chi connectivity index (χ0v) is 23.0. The summed E-state index contributed by atoms with van der Waals surface area (Å²) in [7, 11) is 4.13.